The summed E-state index contributed by atoms with van der Waals surface area (Å²) in [5.41, 5.74) is 6.88. The quantitative estimate of drug-likeness (QED) is 0.103. The van der Waals surface area contributed by atoms with Crippen molar-refractivity contribution in [2.45, 2.75) is 97.5 Å². The van der Waals surface area contributed by atoms with Gasteiger partial charge in [0.2, 0.25) is 17.7 Å². The second-order valence-electron chi connectivity index (χ2n) is 12.4. The average Bonchev–Trinajstić information content (AvgIpc) is 3.40. The molecule has 4 amide bonds. The number of carbonyl (C=O) groups is 6. The monoisotopic (exact) mass is 704 g/mol. The summed E-state index contributed by atoms with van der Waals surface area (Å²) in [6.45, 7) is 10.5. The Morgan fingerprint density at radius 2 is 1.59 bits per heavy atom. The van der Waals surface area contributed by atoms with Gasteiger partial charge in [-0.3, -0.25) is 29.3 Å². The van der Waals surface area contributed by atoms with Crippen molar-refractivity contribution in [3.63, 3.8) is 0 Å². The lowest BCUT2D eigenvalue weighted by molar-refractivity contribution is -0.137. The van der Waals surface area contributed by atoms with Gasteiger partial charge in [0.25, 0.3) is 5.91 Å². The molecule has 49 heavy (non-hydrogen) atoms. The summed E-state index contributed by atoms with van der Waals surface area (Å²) in [6, 6.07) is 4.35. The third kappa shape index (κ3) is 13.2. The van der Waals surface area contributed by atoms with Crippen LogP contribution in [0.2, 0.25) is 0 Å². The van der Waals surface area contributed by atoms with Crippen molar-refractivity contribution in [2.75, 3.05) is 11.9 Å². The van der Waals surface area contributed by atoms with Crippen LogP contribution in [0.5, 0.6) is 0 Å². The Labute approximate surface area is 289 Å². The lowest BCUT2D eigenvalue weighted by Crippen LogP contribution is -2.59. The molecule has 2 aromatic rings. The number of aromatic nitrogens is 1. The van der Waals surface area contributed by atoms with Gasteiger partial charge in [0.1, 0.15) is 17.0 Å². The van der Waals surface area contributed by atoms with E-state index in [0.29, 0.717) is 11.3 Å². The molecule has 0 saturated heterocycles. The lowest BCUT2D eigenvalue weighted by Gasteiger charge is -2.29. The maximum absolute atomic E-state index is 13.8. The van der Waals surface area contributed by atoms with E-state index in [4.69, 9.17) is 15.6 Å². The summed E-state index contributed by atoms with van der Waals surface area (Å²) in [5, 5.41) is 30.7. The lowest BCUT2D eigenvalue weighted by atomic mass is 9.97. The van der Waals surface area contributed by atoms with E-state index < -0.39 is 71.8 Å². The molecule has 5 atom stereocenters. The molecule has 0 aliphatic rings. The van der Waals surface area contributed by atoms with Crippen LogP contribution in [0.4, 0.5) is 5.13 Å². The van der Waals surface area contributed by atoms with E-state index in [9.17, 15) is 33.9 Å². The summed E-state index contributed by atoms with van der Waals surface area (Å²) in [4.78, 5) is 80.6. The molecule has 0 radical (unpaired) electrons. The molecule has 16 heteroatoms. The Hall–Kier alpha value is -4.41. The molecule has 270 valence electrons. The number of nitrogens with zero attached hydrogens (tertiary/aromatic N) is 1. The Balaban J connectivity index is 2.28. The minimum absolute atomic E-state index is 0.0490. The van der Waals surface area contributed by atoms with Crippen LogP contribution in [-0.2, 0) is 35.1 Å². The summed E-state index contributed by atoms with van der Waals surface area (Å²) in [5.74, 6) is -5.12. The number of aliphatic hydroxyl groups is 1. The number of aryl methyl sites for hydroxylation is 1. The number of anilines is 1. The fourth-order valence-electron chi connectivity index (χ4n) is 4.76. The first-order valence-corrected chi connectivity index (χ1v) is 16.9. The van der Waals surface area contributed by atoms with E-state index >= 15 is 0 Å². The van der Waals surface area contributed by atoms with Crippen LogP contribution in [0.25, 0.3) is 0 Å². The molecule has 0 spiro atoms. The molecule has 0 aliphatic carbocycles. The predicted molar refractivity (Wildman–Crippen MR) is 183 cm³/mol. The number of benzene rings is 1. The maximum Gasteiger partial charge on any atom is 0.350 e. The largest absolute Gasteiger partial charge is 0.481 e. The molecule has 0 bridgehead atoms. The van der Waals surface area contributed by atoms with Crippen molar-refractivity contribution < 1.29 is 43.7 Å². The van der Waals surface area contributed by atoms with E-state index in [-0.39, 0.29) is 48.2 Å². The fourth-order valence-corrected chi connectivity index (χ4v) is 5.62. The molecule has 8 N–H and O–H groups in total. The standard InChI is InChI=1S/C33H48N6O9S/c1-7-48-32(47)27-19(6)35-33(49-27)39-31(46)26(42)22(16-20-11-9-8-10-12-20)36-29(44)23(15-17(2)3)37-30(45)25(18(4)5)38-28(43)21(34)13-14-24(40)41/h8-12,17-18,21-23,25-26,42H,7,13-16,34H2,1-6H3,(H,36,44)(H,37,45)(H,38,43)(H,40,41)(H,35,39,46)/t21-,22-,23-,25-,26+/m0/s1. The number of carbonyl (C=O) groups excluding carboxylic acids is 5. The number of esters is 1. The zero-order chi connectivity index (χ0) is 36.8. The van der Waals surface area contributed by atoms with Crippen LogP contribution in [0.1, 0.15) is 74.8 Å². The van der Waals surface area contributed by atoms with E-state index in [0.717, 1.165) is 11.3 Å². The van der Waals surface area contributed by atoms with Gasteiger partial charge in [-0.05, 0) is 50.5 Å². The number of hydrogen-bond donors (Lipinski definition) is 7. The van der Waals surface area contributed by atoms with Gasteiger partial charge in [-0.1, -0.05) is 69.4 Å². The van der Waals surface area contributed by atoms with Crippen molar-refractivity contribution in [1.82, 2.24) is 20.9 Å². The van der Waals surface area contributed by atoms with Crippen molar-refractivity contribution in [1.29, 1.82) is 0 Å². The molecule has 0 fully saturated rings. The van der Waals surface area contributed by atoms with Crippen LogP contribution in [0.3, 0.4) is 0 Å². The highest BCUT2D eigenvalue weighted by Gasteiger charge is 2.34. The molecule has 0 aliphatic heterocycles. The van der Waals surface area contributed by atoms with Crippen molar-refractivity contribution in [3.8, 4) is 0 Å². The van der Waals surface area contributed by atoms with Gasteiger partial charge in [0.15, 0.2) is 11.2 Å². The second-order valence-corrected chi connectivity index (χ2v) is 13.4. The highest BCUT2D eigenvalue weighted by molar-refractivity contribution is 7.17. The van der Waals surface area contributed by atoms with Gasteiger partial charge in [-0.15, -0.1) is 0 Å². The van der Waals surface area contributed by atoms with Gasteiger partial charge < -0.3 is 36.6 Å². The number of ether oxygens (including phenoxy) is 1. The van der Waals surface area contributed by atoms with Crippen LogP contribution >= 0.6 is 11.3 Å². The second kappa shape index (κ2) is 19.6. The van der Waals surface area contributed by atoms with Crippen molar-refractivity contribution in [3.05, 3.63) is 46.5 Å². The average molecular weight is 705 g/mol. The van der Waals surface area contributed by atoms with Gasteiger partial charge in [0.05, 0.1) is 24.4 Å². The number of rotatable bonds is 19. The summed E-state index contributed by atoms with van der Waals surface area (Å²) >= 11 is 0.889. The Morgan fingerprint density at radius 1 is 0.939 bits per heavy atom. The number of aliphatic carboxylic acids is 1. The Bertz CT molecular complexity index is 1450. The first kappa shape index (κ1) is 40.8. The third-order valence-corrected chi connectivity index (χ3v) is 8.41. The van der Waals surface area contributed by atoms with Crippen molar-refractivity contribution >= 4 is 52.0 Å². The summed E-state index contributed by atoms with van der Waals surface area (Å²) in [6.07, 6.45) is -1.99. The highest BCUT2D eigenvalue weighted by atomic mass is 32.1. The number of hydrogen-bond acceptors (Lipinski definition) is 11. The number of nitrogens with two attached hydrogens (primary N) is 1. The Kier molecular flexibility index (Phi) is 16.3. The van der Waals surface area contributed by atoms with E-state index in [2.05, 4.69) is 26.3 Å². The van der Waals surface area contributed by atoms with E-state index in [1.807, 2.05) is 13.8 Å². The maximum atomic E-state index is 13.8. The zero-order valence-corrected chi connectivity index (χ0v) is 29.5. The molecule has 15 nitrogen and oxygen atoms in total. The summed E-state index contributed by atoms with van der Waals surface area (Å²) < 4.78 is 5.02. The SMILES string of the molecule is CCOC(=O)c1sc(NC(=O)[C@H](O)[C@H](Cc2ccccc2)NC(=O)[C@H](CC(C)C)NC(=O)[C@@H](NC(=O)[C@@H](N)CCC(=O)O)C(C)C)nc1C. The van der Waals surface area contributed by atoms with Gasteiger partial charge in [-0.2, -0.15) is 0 Å². The fraction of sp³-hybridized carbons (Fsp3) is 0.545. The summed E-state index contributed by atoms with van der Waals surface area (Å²) in [7, 11) is 0. The first-order valence-electron chi connectivity index (χ1n) is 16.1. The molecule has 2 rings (SSSR count). The van der Waals surface area contributed by atoms with Crippen LogP contribution in [-0.4, -0.2) is 87.6 Å². The van der Waals surface area contributed by atoms with Crippen LogP contribution < -0.4 is 27.0 Å². The van der Waals surface area contributed by atoms with Gasteiger partial charge >= 0.3 is 11.9 Å². The first-order chi connectivity index (χ1) is 23.0. The minimum Gasteiger partial charge on any atom is -0.481 e. The van der Waals surface area contributed by atoms with Gasteiger partial charge in [-0.25, -0.2) is 9.78 Å². The molecule has 0 unspecified atom stereocenters. The zero-order valence-electron chi connectivity index (χ0n) is 28.6. The topological polar surface area (TPSA) is 239 Å². The normalized spacial score (nSPS) is 14.2. The number of nitrogens with one attached hydrogen (secondary N) is 4. The van der Waals surface area contributed by atoms with Crippen LogP contribution in [0.15, 0.2) is 30.3 Å². The third-order valence-electron chi connectivity index (χ3n) is 7.36. The highest BCUT2D eigenvalue weighted by Crippen LogP contribution is 2.24. The van der Waals surface area contributed by atoms with E-state index in [1.54, 1.807) is 58.0 Å². The predicted octanol–water partition coefficient (Wildman–Crippen LogP) is 1.52. The number of thiazole rings is 1. The number of aliphatic hydroxyl groups excluding tert-OH is 1. The smallest absolute Gasteiger partial charge is 0.350 e. The molecule has 1 aromatic carbocycles. The van der Waals surface area contributed by atoms with E-state index in [1.165, 1.54) is 0 Å². The minimum atomic E-state index is -1.77. The molecule has 1 aromatic heterocycles. The number of carboxylic acids is 1. The van der Waals surface area contributed by atoms with Gasteiger partial charge in [0, 0.05) is 6.42 Å². The molecular formula is C33H48N6O9S. The van der Waals surface area contributed by atoms with Crippen LogP contribution in [0, 0.1) is 18.8 Å². The Morgan fingerprint density at radius 3 is 2.16 bits per heavy atom. The number of amides is 4. The molecular weight excluding hydrogens is 656 g/mol. The number of carboxylic acid groups (broad SMARTS) is 1. The molecule has 1 heterocycles. The molecule has 0 saturated carbocycles. The van der Waals surface area contributed by atoms with Crippen molar-refractivity contribution in [2.24, 2.45) is 17.6 Å².